The van der Waals surface area contributed by atoms with Gasteiger partial charge in [-0.2, -0.15) is 0 Å². The molecule has 2 rings (SSSR count). The molecule has 0 aliphatic carbocycles. The molecule has 0 radical (unpaired) electrons. The molecule has 2 aromatic carbocycles. The summed E-state index contributed by atoms with van der Waals surface area (Å²) in [7, 11) is 0. The summed E-state index contributed by atoms with van der Waals surface area (Å²) in [5, 5.41) is 13.5. The molecule has 0 amide bonds. The van der Waals surface area contributed by atoms with Gasteiger partial charge in [-0.1, -0.05) is 29.8 Å². The minimum absolute atomic E-state index is 0.277. The van der Waals surface area contributed by atoms with Crippen LogP contribution in [0.1, 0.15) is 12.5 Å². The van der Waals surface area contributed by atoms with Gasteiger partial charge in [-0.3, -0.25) is 0 Å². The van der Waals surface area contributed by atoms with Crippen LogP contribution in [0.5, 0.6) is 5.75 Å². The number of halogens is 1. The van der Waals surface area contributed by atoms with Gasteiger partial charge in [0.05, 0.1) is 0 Å². The zero-order valence-corrected chi connectivity index (χ0v) is 11.0. The fraction of sp³-hybridized carbons (Fsp3) is 0.200. The third-order valence-electron chi connectivity index (χ3n) is 2.71. The number of hydrogen-bond donors (Lipinski definition) is 2. The van der Waals surface area contributed by atoms with Crippen LogP contribution in [0, 0.1) is 0 Å². The quantitative estimate of drug-likeness (QED) is 0.869. The second kappa shape index (κ2) is 5.78. The third-order valence-corrected chi connectivity index (χ3v) is 2.97. The van der Waals surface area contributed by atoms with Crippen LogP contribution in [0.25, 0.3) is 0 Å². The molecule has 3 heteroatoms. The minimum Gasteiger partial charge on any atom is -0.508 e. The molecule has 94 valence electrons. The summed E-state index contributed by atoms with van der Waals surface area (Å²) < 4.78 is 0. The van der Waals surface area contributed by atoms with Gasteiger partial charge >= 0.3 is 0 Å². The van der Waals surface area contributed by atoms with Crippen molar-refractivity contribution in [3.05, 3.63) is 59.1 Å². The maximum Gasteiger partial charge on any atom is 0.117 e. The Bertz CT molecular complexity index is 510. The van der Waals surface area contributed by atoms with Crippen LogP contribution in [0.4, 0.5) is 5.69 Å². The first-order valence-corrected chi connectivity index (χ1v) is 6.31. The van der Waals surface area contributed by atoms with Crippen molar-refractivity contribution in [2.75, 3.05) is 5.32 Å². The molecule has 0 fully saturated rings. The smallest absolute Gasteiger partial charge is 0.117 e. The molecule has 0 heterocycles. The highest BCUT2D eigenvalue weighted by Gasteiger charge is 2.04. The van der Waals surface area contributed by atoms with E-state index >= 15 is 0 Å². The van der Waals surface area contributed by atoms with Crippen molar-refractivity contribution < 1.29 is 5.11 Å². The average Bonchev–Trinajstić information content (AvgIpc) is 2.32. The summed E-state index contributed by atoms with van der Waals surface area (Å²) in [5.41, 5.74) is 2.16. The number of nitrogens with one attached hydrogen (secondary N) is 1. The van der Waals surface area contributed by atoms with E-state index in [1.54, 1.807) is 12.1 Å². The number of anilines is 1. The number of benzene rings is 2. The van der Waals surface area contributed by atoms with Crippen molar-refractivity contribution in [2.45, 2.75) is 19.4 Å². The summed E-state index contributed by atoms with van der Waals surface area (Å²) >= 11 is 5.85. The number of hydrogen-bond acceptors (Lipinski definition) is 2. The lowest BCUT2D eigenvalue weighted by atomic mass is 10.1. The highest BCUT2D eigenvalue weighted by molar-refractivity contribution is 6.30. The van der Waals surface area contributed by atoms with Crippen LogP contribution < -0.4 is 5.32 Å². The molecule has 1 unspecified atom stereocenters. The van der Waals surface area contributed by atoms with E-state index in [2.05, 4.69) is 12.2 Å². The van der Waals surface area contributed by atoms with Crippen molar-refractivity contribution >= 4 is 17.3 Å². The van der Waals surface area contributed by atoms with Gasteiger partial charge < -0.3 is 10.4 Å². The summed E-state index contributed by atoms with van der Waals surface area (Å²) in [6, 6.07) is 15.3. The van der Waals surface area contributed by atoms with Crippen molar-refractivity contribution in [3.8, 4) is 5.75 Å². The van der Waals surface area contributed by atoms with Gasteiger partial charge in [-0.25, -0.2) is 0 Å². The van der Waals surface area contributed by atoms with Crippen molar-refractivity contribution in [3.63, 3.8) is 0 Å². The lowest BCUT2D eigenvalue weighted by Crippen LogP contribution is -2.17. The SMILES string of the molecule is CC(Cc1ccc(Cl)cc1)Nc1cccc(O)c1. The Morgan fingerprint density at radius 3 is 2.56 bits per heavy atom. The Hall–Kier alpha value is -1.67. The molecule has 0 spiro atoms. The Balaban J connectivity index is 1.96. The summed E-state index contributed by atoms with van der Waals surface area (Å²) in [6.07, 6.45) is 0.910. The molecule has 0 aliphatic rings. The van der Waals surface area contributed by atoms with E-state index in [1.165, 1.54) is 5.56 Å². The normalized spacial score (nSPS) is 12.1. The second-order valence-corrected chi connectivity index (χ2v) is 4.86. The summed E-state index contributed by atoms with van der Waals surface area (Å²) in [4.78, 5) is 0. The molecule has 0 saturated carbocycles. The van der Waals surface area contributed by atoms with Crippen LogP contribution in [0.3, 0.4) is 0 Å². The highest BCUT2D eigenvalue weighted by atomic mass is 35.5. The maximum absolute atomic E-state index is 9.39. The van der Waals surface area contributed by atoms with Crippen LogP contribution in [0.15, 0.2) is 48.5 Å². The fourth-order valence-electron chi connectivity index (χ4n) is 1.91. The van der Waals surface area contributed by atoms with E-state index in [-0.39, 0.29) is 11.8 Å². The second-order valence-electron chi connectivity index (χ2n) is 4.43. The van der Waals surface area contributed by atoms with Gasteiger partial charge in [-0.05, 0) is 43.2 Å². The average molecular weight is 262 g/mol. The van der Waals surface area contributed by atoms with Gasteiger partial charge in [-0.15, -0.1) is 0 Å². The zero-order valence-electron chi connectivity index (χ0n) is 10.2. The third kappa shape index (κ3) is 3.67. The standard InChI is InChI=1S/C15H16ClNO/c1-11(9-12-5-7-13(16)8-6-12)17-14-3-2-4-15(18)10-14/h2-8,10-11,17-18H,9H2,1H3. The van der Waals surface area contributed by atoms with Crippen LogP contribution in [0.2, 0.25) is 5.02 Å². The number of rotatable bonds is 4. The van der Waals surface area contributed by atoms with Gasteiger partial charge in [0.15, 0.2) is 0 Å². The van der Waals surface area contributed by atoms with E-state index in [0.717, 1.165) is 17.1 Å². The predicted octanol–water partition coefficient (Wildman–Crippen LogP) is 4.09. The van der Waals surface area contributed by atoms with E-state index in [9.17, 15) is 5.11 Å². The summed E-state index contributed by atoms with van der Waals surface area (Å²) in [6.45, 7) is 2.11. The Morgan fingerprint density at radius 1 is 1.17 bits per heavy atom. The first-order chi connectivity index (χ1) is 8.63. The van der Waals surface area contributed by atoms with Crippen LogP contribution >= 0.6 is 11.6 Å². The molecule has 2 nitrogen and oxygen atoms in total. The van der Waals surface area contributed by atoms with E-state index in [1.807, 2.05) is 36.4 Å². The molecule has 0 bridgehead atoms. The molecule has 1 atom stereocenters. The molecule has 0 aromatic heterocycles. The lowest BCUT2D eigenvalue weighted by Gasteiger charge is -2.15. The first-order valence-electron chi connectivity index (χ1n) is 5.93. The van der Waals surface area contributed by atoms with E-state index in [4.69, 9.17) is 11.6 Å². The maximum atomic E-state index is 9.39. The van der Waals surface area contributed by atoms with E-state index < -0.39 is 0 Å². The Labute approximate surface area is 112 Å². The zero-order chi connectivity index (χ0) is 13.0. The largest absolute Gasteiger partial charge is 0.508 e. The van der Waals surface area contributed by atoms with Gasteiger partial charge in [0, 0.05) is 22.8 Å². The van der Waals surface area contributed by atoms with Crippen LogP contribution in [-0.2, 0) is 6.42 Å². The summed E-state index contributed by atoms with van der Waals surface area (Å²) in [5.74, 6) is 0.277. The molecule has 18 heavy (non-hydrogen) atoms. The van der Waals surface area contributed by atoms with Crippen LogP contribution in [-0.4, -0.2) is 11.1 Å². The van der Waals surface area contributed by atoms with Gasteiger partial charge in [0.25, 0.3) is 0 Å². The molecule has 2 N–H and O–H groups in total. The topological polar surface area (TPSA) is 32.3 Å². The minimum atomic E-state index is 0.277. The van der Waals surface area contributed by atoms with Crippen molar-refractivity contribution in [1.29, 1.82) is 0 Å². The molecular weight excluding hydrogens is 246 g/mol. The molecule has 0 aliphatic heterocycles. The Morgan fingerprint density at radius 2 is 1.89 bits per heavy atom. The monoisotopic (exact) mass is 261 g/mol. The molecular formula is C15H16ClNO. The highest BCUT2D eigenvalue weighted by Crippen LogP contribution is 2.17. The van der Waals surface area contributed by atoms with Gasteiger partial charge in [0.2, 0.25) is 0 Å². The number of phenols is 1. The predicted molar refractivity (Wildman–Crippen MR) is 76.3 cm³/mol. The lowest BCUT2D eigenvalue weighted by molar-refractivity contribution is 0.475. The van der Waals surface area contributed by atoms with Crippen molar-refractivity contribution in [2.24, 2.45) is 0 Å². The van der Waals surface area contributed by atoms with Gasteiger partial charge in [0.1, 0.15) is 5.75 Å². The molecule has 2 aromatic rings. The number of phenolic OH excluding ortho intramolecular Hbond substituents is 1. The first kappa shape index (κ1) is 12.8. The number of aromatic hydroxyl groups is 1. The van der Waals surface area contributed by atoms with E-state index in [0.29, 0.717) is 0 Å². The molecule has 0 saturated heterocycles. The van der Waals surface area contributed by atoms with Crippen molar-refractivity contribution in [1.82, 2.24) is 0 Å². The fourth-order valence-corrected chi connectivity index (χ4v) is 2.03. The Kier molecular flexibility index (Phi) is 4.11.